The third-order valence-corrected chi connectivity index (χ3v) is 1.09. The minimum atomic E-state index is -0.141. The number of hydrogen-bond acceptors (Lipinski definition) is 2. The summed E-state index contributed by atoms with van der Waals surface area (Å²) in [6.45, 7) is 3.51. The Hall–Kier alpha value is -1.21. The van der Waals surface area contributed by atoms with Gasteiger partial charge in [0.15, 0.2) is 11.7 Å². The van der Waals surface area contributed by atoms with Gasteiger partial charge >= 0.3 is 0 Å². The lowest BCUT2D eigenvalue weighted by Gasteiger charge is -1.97. The van der Waals surface area contributed by atoms with E-state index in [9.17, 15) is 4.79 Å². The largest absolute Gasteiger partial charge is 0.307 e. The Labute approximate surface area is 59.8 Å². The minimum absolute atomic E-state index is 0.118. The lowest BCUT2D eigenvalue weighted by molar-refractivity contribution is -0.118. The summed E-state index contributed by atoms with van der Waals surface area (Å²) in [5.74, 6) is 1.90. The van der Waals surface area contributed by atoms with E-state index in [-0.39, 0.29) is 17.3 Å². The summed E-state index contributed by atoms with van der Waals surface area (Å²) in [5, 5.41) is 11.7. The van der Waals surface area contributed by atoms with Gasteiger partial charge in [-0.25, -0.2) is 5.41 Å². The van der Waals surface area contributed by atoms with E-state index in [2.05, 4.69) is 5.87 Å². The first-order valence-electron chi connectivity index (χ1n) is 3.01. The second-order valence-corrected chi connectivity index (χ2v) is 2.22. The fourth-order valence-electron chi connectivity index (χ4n) is 0.495. The Morgan fingerprint density at radius 3 is 2.30 bits per heavy atom. The van der Waals surface area contributed by atoms with Crippen LogP contribution in [0.15, 0.2) is 5.57 Å². The Morgan fingerprint density at radius 1 is 1.70 bits per heavy atom. The number of carbonyl (C=O) groups is 1. The SMILES string of the molecule is CC(C)C(=O)C(=C=[NH2+])C=N. The molecule has 3 N–H and O–H groups in total. The van der Waals surface area contributed by atoms with Gasteiger partial charge < -0.3 is 5.41 Å². The lowest BCUT2D eigenvalue weighted by atomic mass is 10.0. The van der Waals surface area contributed by atoms with Crippen molar-refractivity contribution in [3.63, 3.8) is 0 Å². The highest BCUT2D eigenvalue weighted by Crippen LogP contribution is 1.99. The van der Waals surface area contributed by atoms with Crippen molar-refractivity contribution in [1.82, 2.24) is 0 Å². The molecule has 0 bridgehead atoms. The number of nitrogens with one attached hydrogen (secondary N) is 1. The number of rotatable bonds is 3. The molecule has 0 saturated carbocycles. The topological polar surface area (TPSA) is 66.5 Å². The van der Waals surface area contributed by atoms with Gasteiger partial charge in [0.1, 0.15) is 5.57 Å². The van der Waals surface area contributed by atoms with E-state index in [1.807, 2.05) is 0 Å². The summed E-state index contributed by atoms with van der Waals surface area (Å²) in [6, 6.07) is 0. The molecule has 0 atom stereocenters. The van der Waals surface area contributed by atoms with Gasteiger partial charge in [-0.15, -0.1) is 0 Å². The van der Waals surface area contributed by atoms with Gasteiger partial charge in [-0.1, -0.05) is 13.8 Å². The molecule has 0 saturated heterocycles. The van der Waals surface area contributed by atoms with Crippen LogP contribution in [0.4, 0.5) is 0 Å². The molecule has 0 aliphatic heterocycles. The zero-order chi connectivity index (χ0) is 8.15. The van der Waals surface area contributed by atoms with Crippen molar-refractivity contribution < 1.29 is 10.2 Å². The Kier molecular flexibility index (Phi) is 3.29. The highest BCUT2D eigenvalue weighted by Gasteiger charge is 2.12. The fraction of sp³-hybridized carbons (Fsp3) is 0.429. The van der Waals surface area contributed by atoms with E-state index < -0.39 is 0 Å². The molecule has 54 valence electrons. The third-order valence-electron chi connectivity index (χ3n) is 1.09. The van der Waals surface area contributed by atoms with Gasteiger partial charge in [0.05, 0.1) is 0 Å². The second kappa shape index (κ2) is 3.75. The molecule has 0 fully saturated rings. The average Bonchev–Trinajstić information content (AvgIpc) is 1.90. The van der Waals surface area contributed by atoms with Crippen molar-refractivity contribution in [2.75, 3.05) is 0 Å². The van der Waals surface area contributed by atoms with E-state index in [0.717, 1.165) is 6.21 Å². The highest BCUT2D eigenvalue weighted by atomic mass is 16.1. The molecule has 0 amide bonds. The van der Waals surface area contributed by atoms with Crippen molar-refractivity contribution in [1.29, 1.82) is 5.41 Å². The predicted molar refractivity (Wildman–Crippen MR) is 39.1 cm³/mol. The third kappa shape index (κ3) is 1.96. The number of Topliss-reactive ketones (excluding diaryl/α,β-unsaturated/α-hetero) is 1. The number of allylic oxidation sites excluding steroid dienone is 1. The molecule has 0 radical (unpaired) electrons. The summed E-state index contributed by atoms with van der Waals surface area (Å²) < 4.78 is 0. The van der Waals surface area contributed by atoms with Crippen LogP contribution in [0.25, 0.3) is 0 Å². The Balaban J connectivity index is 4.49. The molecule has 0 aromatic rings. The monoisotopic (exact) mass is 139 g/mol. The van der Waals surface area contributed by atoms with Crippen molar-refractivity contribution in [2.45, 2.75) is 13.8 Å². The van der Waals surface area contributed by atoms with Gasteiger partial charge in [-0.05, 0) is 0 Å². The zero-order valence-electron chi connectivity index (χ0n) is 6.14. The Bertz CT molecular complexity index is 200. The standard InChI is InChI=1S/C7H10N2O/c1-5(2)7(10)6(3-8)4-9/h3,5,8-9H,1-2H3/p+1. The van der Waals surface area contributed by atoms with Crippen molar-refractivity contribution in [3.8, 4) is 0 Å². The van der Waals surface area contributed by atoms with Gasteiger partial charge in [-0.2, -0.15) is 0 Å². The molecule has 0 spiro atoms. The number of nitrogens with two attached hydrogens (primary N) is 1. The van der Waals surface area contributed by atoms with Crippen molar-refractivity contribution in [3.05, 3.63) is 5.57 Å². The molecule has 3 heteroatoms. The van der Waals surface area contributed by atoms with Gasteiger partial charge in [0.2, 0.25) is 0 Å². The molecule has 10 heavy (non-hydrogen) atoms. The molecule has 0 heterocycles. The molecule has 0 aromatic carbocycles. The number of hydrogen-bond donors (Lipinski definition) is 2. The molecule has 0 aliphatic rings. The summed E-state index contributed by atoms with van der Waals surface area (Å²) >= 11 is 0. The quantitative estimate of drug-likeness (QED) is 0.391. The summed E-state index contributed by atoms with van der Waals surface area (Å²) in [4.78, 5) is 11.0. The molecular formula is C7H11N2O+. The second-order valence-electron chi connectivity index (χ2n) is 2.22. The molecule has 0 aliphatic carbocycles. The van der Waals surface area contributed by atoms with E-state index in [1.165, 1.54) is 0 Å². The molecule has 0 aromatic heterocycles. The van der Waals surface area contributed by atoms with E-state index >= 15 is 0 Å². The van der Waals surface area contributed by atoms with Gasteiger partial charge in [0, 0.05) is 12.1 Å². The van der Waals surface area contributed by atoms with Crippen LogP contribution in [0.1, 0.15) is 13.8 Å². The lowest BCUT2D eigenvalue weighted by Crippen LogP contribution is -2.29. The molecule has 0 rings (SSSR count). The smallest absolute Gasteiger partial charge is 0.180 e. The van der Waals surface area contributed by atoms with E-state index in [0.29, 0.717) is 0 Å². The normalized spacial score (nSPS) is 8.70. The van der Waals surface area contributed by atoms with Crippen LogP contribution in [0.3, 0.4) is 0 Å². The van der Waals surface area contributed by atoms with Crippen LogP contribution in [-0.4, -0.2) is 17.9 Å². The number of ketones is 1. The summed E-state index contributed by atoms with van der Waals surface area (Å²) in [5.41, 5.74) is 0.148. The van der Waals surface area contributed by atoms with Crippen LogP contribution < -0.4 is 5.41 Å². The first kappa shape index (κ1) is 8.79. The molecule has 3 nitrogen and oxygen atoms in total. The van der Waals surface area contributed by atoms with Crippen LogP contribution in [0.2, 0.25) is 0 Å². The van der Waals surface area contributed by atoms with Crippen LogP contribution in [0.5, 0.6) is 0 Å². The Morgan fingerprint density at radius 2 is 2.20 bits per heavy atom. The van der Waals surface area contributed by atoms with Gasteiger partial charge in [-0.3, -0.25) is 4.79 Å². The van der Waals surface area contributed by atoms with E-state index in [1.54, 1.807) is 13.8 Å². The first-order chi connectivity index (χ1) is 4.63. The number of carbonyl (C=O) groups excluding carboxylic acids is 1. The summed E-state index contributed by atoms with van der Waals surface area (Å²) in [6.07, 6.45) is 0.919. The van der Waals surface area contributed by atoms with Crippen LogP contribution in [0, 0.1) is 11.3 Å². The summed E-state index contributed by atoms with van der Waals surface area (Å²) in [7, 11) is 0. The predicted octanol–water partition coefficient (Wildman–Crippen LogP) is -0.784. The molecular weight excluding hydrogens is 128 g/mol. The maximum atomic E-state index is 11.0. The van der Waals surface area contributed by atoms with Crippen LogP contribution in [-0.2, 0) is 4.79 Å². The minimum Gasteiger partial charge on any atom is -0.307 e. The maximum absolute atomic E-state index is 11.0. The van der Waals surface area contributed by atoms with Crippen molar-refractivity contribution >= 4 is 17.9 Å². The first-order valence-corrected chi connectivity index (χ1v) is 3.01. The van der Waals surface area contributed by atoms with Gasteiger partial charge in [0.25, 0.3) is 0 Å². The average molecular weight is 139 g/mol. The van der Waals surface area contributed by atoms with Crippen molar-refractivity contribution in [2.24, 2.45) is 5.92 Å². The molecule has 0 unspecified atom stereocenters. The maximum Gasteiger partial charge on any atom is 0.180 e. The zero-order valence-corrected chi connectivity index (χ0v) is 6.14. The van der Waals surface area contributed by atoms with E-state index in [4.69, 9.17) is 10.8 Å². The highest BCUT2D eigenvalue weighted by molar-refractivity contribution is 6.19. The fourth-order valence-corrected chi connectivity index (χ4v) is 0.495. The van der Waals surface area contributed by atoms with Crippen LogP contribution >= 0.6 is 0 Å².